The van der Waals surface area contributed by atoms with Crippen molar-refractivity contribution in [2.45, 2.75) is 76.4 Å². The topological polar surface area (TPSA) is 86.8 Å². The minimum atomic E-state index is -4.23. The number of hydrogen-bond donors (Lipinski definition) is 1. The molecule has 0 aliphatic heterocycles. The van der Waals surface area contributed by atoms with Gasteiger partial charge in [0.15, 0.2) is 0 Å². The zero-order chi connectivity index (χ0) is 33.6. The molecule has 0 heterocycles. The first-order valence-corrected chi connectivity index (χ1v) is 17.5. The lowest BCUT2D eigenvalue weighted by atomic mass is 10.0. The molecule has 4 aromatic carbocycles. The Morgan fingerprint density at radius 1 is 0.851 bits per heavy atom. The molecule has 1 saturated carbocycles. The number of sulfonamides is 1. The predicted octanol–water partition coefficient (Wildman–Crippen LogP) is 6.65. The molecule has 0 spiro atoms. The Balaban J connectivity index is 1.60. The second-order valence-corrected chi connectivity index (χ2v) is 14.3. The van der Waals surface area contributed by atoms with Crippen LogP contribution in [0.4, 0.5) is 10.1 Å². The average molecular weight is 656 g/mol. The summed E-state index contributed by atoms with van der Waals surface area (Å²) in [6.07, 6.45) is 3.88. The van der Waals surface area contributed by atoms with Crippen LogP contribution in [-0.4, -0.2) is 43.8 Å². The smallest absolute Gasteiger partial charge is 0.264 e. The van der Waals surface area contributed by atoms with E-state index in [1.165, 1.54) is 23.1 Å². The molecule has 1 aliphatic carbocycles. The van der Waals surface area contributed by atoms with E-state index in [0.717, 1.165) is 46.7 Å². The molecule has 5 rings (SSSR count). The minimum absolute atomic E-state index is 0.0143. The normalized spacial score (nSPS) is 14.0. The van der Waals surface area contributed by atoms with Crippen molar-refractivity contribution in [2.75, 3.05) is 10.8 Å². The summed E-state index contributed by atoms with van der Waals surface area (Å²) in [4.78, 5) is 30.1. The fourth-order valence-electron chi connectivity index (χ4n) is 6.07. The van der Waals surface area contributed by atoms with E-state index in [1.54, 1.807) is 43.3 Å². The highest BCUT2D eigenvalue weighted by molar-refractivity contribution is 7.92. The van der Waals surface area contributed by atoms with E-state index in [9.17, 15) is 18.0 Å². The molecule has 2 amide bonds. The van der Waals surface area contributed by atoms with E-state index in [4.69, 9.17) is 0 Å². The number of carbonyl (C=O) groups excluding carboxylic acids is 2. The molecule has 1 N–H and O–H groups in total. The highest BCUT2D eigenvalue weighted by atomic mass is 32.2. The molecule has 1 aliphatic rings. The molecule has 47 heavy (non-hydrogen) atoms. The van der Waals surface area contributed by atoms with Gasteiger partial charge in [-0.1, -0.05) is 91.2 Å². The van der Waals surface area contributed by atoms with Gasteiger partial charge in [0.2, 0.25) is 11.8 Å². The number of aryl methyl sites for hydroxylation is 3. The van der Waals surface area contributed by atoms with E-state index >= 15 is 4.39 Å². The van der Waals surface area contributed by atoms with Crippen LogP contribution >= 0.6 is 0 Å². The van der Waals surface area contributed by atoms with Crippen molar-refractivity contribution in [3.8, 4) is 0 Å². The van der Waals surface area contributed by atoms with E-state index in [2.05, 4.69) is 5.32 Å². The summed E-state index contributed by atoms with van der Waals surface area (Å²) in [5.41, 5.74) is 3.80. The van der Waals surface area contributed by atoms with Crippen molar-refractivity contribution in [3.63, 3.8) is 0 Å². The highest BCUT2D eigenvalue weighted by Crippen LogP contribution is 2.29. The van der Waals surface area contributed by atoms with E-state index in [1.807, 2.05) is 56.3 Å². The first-order valence-electron chi connectivity index (χ1n) is 16.1. The second kappa shape index (κ2) is 14.9. The minimum Gasteiger partial charge on any atom is -0.352 e. The van der Waals surface area contributed by atoms with Gasteiger partial charge in [0, 0.05) is 24.6 Å². The van der Waals surface area contributed by atoms with Gasteiger partial charge in [-0.2, -0.15) is 0 Å². The maximum Gasteiger partial charge on any atom is 0.264 e. The summed E-state index contributed by atoms with van der Waals surface area (Å²) in [7, 11) is -4.23. The summed E-state index contributed by atoms with van der Waals surface area (Å²) in [5, 5.41) is 3.14. The standard InChI is InChI=1S/C38H42FN3O4S/c1-27-18-21-33(22-19-27)47(45,46)42(35-23-28(2)17-20-29(35)3)26-37(43)41(25-31-13-7-10-16-34(31)39)36(24-30-11-5-4-6-12-30)38(44)40-32-14-8-9-15-32/h4-7,10-13,16-23,32,36H,8-9,14-15,24-26H2,1-3H3,(H,40,44)/t36-/m1/s1. The fourth-order valence-corrected chi connectivity index (χ4v) is 7.54. The van der Waals surface area contributed by atoms with Crippen molar-refractivity contribution < 1.29 is 22.4 Å². The largest absolute Gasteiger partial charge is 0.352 e. The van der Waals surface area contributed by atoms with Crippen molar-refractivity contribution >= 4 is 27.5 Å². The number of halogens is 1. The van der Waals surface area contributed by atoms with Gasteiger partial charge in [0.25, 0.3) is 10.0 Å². The average Bonchev–Trinajstić information content (AvgIpc) is 3.57. The first kappa shape index (κ1) is 33.9. The van der Waals surface area contributed by atoms with Crippen molar-refractivity contribution in [3.05, 3.63) is 131 Å². The third kappa shape index (κ3) is 8.27. The van der Waals surface area contributed by atoms with Crippen molar-refractivity contribution in [1.29, 1.82) is 0 Å². The number of rotatable bonds is 12. The third-order valence-corrected chi connectivity index (χ3v) is 10.6. The monoisotopic (exact) mass is 655 g/mol. The number of anilines is 1. The van der Waals surface area contributed by atoms with Gasteiger partial charge in [0.05, 0.1) is 10.6 Å². The predicted molar refractivity (Wildman–Crippen MR) is 183 cm³/mol. The number of hydrogen-bond acceptors (Lipinski definition) is 4. The van der Waals surface area contributed by atoms with E-state index < -0.39 is 34.3 Å². The molecule has 4 aromatic rings. The molecule has 0 radical (unpaired) electrons. The van der Waals surface area contributed by atoms with E-state index in [-0.39, 0.29) is 35.4 Å². The summed E-state index contributed by atoms with van der Waals surface area (Å²) in [5.74, 6) is -1.48. The Kier molecular flexibility index (Phi) is 10.8. The van der Waals surface area contributed by atoms with Gasteiger partial charge < -0.3 is 10.2 Å². The van der Waals surface area contributed by atoms with Gasteiger partial charge in [-0.3, -0.25) is 13.9 Å². The maximum atomic E-state index is 15.2. The quantitative estimate of drug-likeness (QED) is 0.185. The van der Waals surface area contributed by atoms with Crippen LogP contribution in [-0.2, 0) is 32.6 Å². The molecule has 9 heteroatoms. The van der Waals surface area contributed by atoms with Crippen LogP contribution in [0.1, 0.15) is 53.5 Å². The molecule has 1 atom stereocenters. The fraction of sp³-hybridized carbons (Fsp3) is 0.316. The molecular formula is C38H42FN3O4S. The Labute approximate surface area is 277 Å². The molecule has 7 nitrogen and oxygen atoms in total. The van der Waals surface area contributed by atoms with Crippen LogP contribution in [0, 0.1) is 26.6 Å². The third-order valence-electron chi connectivity index (χ3n) is 8.79. The molecule has 246 valence electrons. The molecule has 0 saturated heterocycles. The number of nitrogens with zero attached hydrogens (tertiary/aromatic N) is 2. The van der Waals surface area contributed by atoms with Gasteiger partial charge >= 0.3 is 0 Å². The molecule has 0 bridgehead atoms. The number of amides is 2. The van der Waals surface area contributed by atoms with Crippen LogP contribution < -0.4 is 9.62 Å². The van der Waals surface area contributed by atoms with Crippen molar-refractivity contribution in [1.82, 2.24) is 10.2 Å². The number of carbonyl (C=O) groups is 2. The SMILES string of the molecule is Cc1ccc(S(=O)(=O)N(CC(=O)N(Cc2ccccc2F)[C@H](Cc2ccccc2)C(=O)NC2CCCC2)c2cc(C)ccc2C)cc1. The van der Waals surface area contributed by atoms with E-state index in [0.29, 0.717) is 11.3 Å². The maximum absolute atomic E-state index is 15.2. The van der Waals surface area contributed by atoms with Crippen LogP contribution in [0.3, 0.4) is 0 Å². The zero-order valence-electron chi connectivity index (χ0n) is 27.2. The summed E-state index contributed by atoms with van der Waals surface area (Å²) < 4.78 is 44.9. The highest BCUT2D eigenvalue weighted by Gasteiger charge is 2.36. The van der Waals surface area contributed by atoms with Gasteiger partial charge in [-0.15, -0.1) is 0 Å². The Morgan fingerprint density at radius 2 is 1.49 bits per heavy atom. The number of benzene rings is 4. The summed E-state index contributed by atoms with van der Waals surface area (Å²) in [6, 6.07) is 26.4. The first-order chi connectivity index (χ1) is 22.5. The molecule has 1 fully saturated rings. The zero-order valence-corrected chi connectivity index (χ0v) is 28.0. The Bertz CT molecular complexity index is 1810. The second-order valence-electron chi connectivity index (χ2n) is 12.4. The Hall–Kier alpha value is -4.50. The lowest BCUT2D eigenvalue weighted by Gasteiger charge is -2.34. The van der Waals surface area contributed by atoms with Crippen LogP contribution in [0.15, 0.2) is 102 Å². The van der Waals surface area contributed by atoms with Crippen LogP contribution in [0.25, 0.3) is 0 Å². The van der Waals surface area contributed by atoms with Crippen LogP contribution in [0.5, 0.6) is 0 Å². The van der Waals surface area contributed by atoms with Gasteiger partial charge in [-0.25, -0.2) is 12.8 Å². The lowest BCUT2D eigenvalue weighted by molar-refractivity contribution is -0.140. The molecular weight excluding hydrogens is 614 g/mol. The summed E-state index contributed by atoms with van der Waals surface area (Å²) >= 11 is 0. The molecule has 0 unspecified atom stereocenters. The molecule has 0 aromatic heterocycles. The van der Waals surface area contributed by atoms with Gasteiger partial charge in [0.1, 0.15) is 18.4 Å². The van der Waals surface area contributed by atoms with Gasteiger partial charge in [-0.05, 0) is 74.6 Å². The van der Waals surface area contributed by atoms with Crippen molar-refractivity contribution in [2.24, 2.45) is 0 Å². The number of nitrogens with one attached hydrogen (secondary N) is 1. The van der Waals surface area contributed by atoms with Crippen LogP contribution in [0.2, 0.25) is 0 Å². The lowest BCUT2D eigenvalue weighted by Crippen LogP contribution is -2.54. The summed E-state index contributed by atoms with van der Waals surface area (Å²) in [6.45, 7) is 4.71. The Morgan fingerprint density at radius 3 is 2.17 bits per heavy atom.